The van der Waals surface area contributed by atoms with Crippen LogP contribution in [-0.2, 0) is 17.1 Å². The summed E-state index contributed by atoms with van der Waals surface area (Å²) >= 11 is 0. The Bertz CT molecular complexity index is 261. The van der Waals surface area contributed by atoms with E-state index in [0.29, 0.717) is 0 Å². The maximum absolute atomic E-state index is 10.3. The number of rotatable bonds is 1. The van der Waals surface area contributed by atoms with Crippen LogP contribution in [-0.4, -0.2) is 21.7 Å². The normalized spacial score (nSPS) is 7.67. The zero-order valence-corrected chi connectivity index (χ0v) is 6.86. The van der Waals surface area contributed by atoms with Gasteiger partial charge >= 0.3 is 5.97 Å². The third-order valence-corrected chi connectivity index (χ3v) is 1.13. The number of carboxylic acid groups (broad SMARTS) is 1. The number of phenols is 1. The zero-order chi connectivity index (χ0) is 7.56. The predicted molar refractivity (Wildman–Crippen MR) is 38.7 cm³/mol. The first-order chi connectivity index (χ1) is 4.72. The number of hydrogen-bond acceptors (Lipinski definition) is 2. The van der Waals surface area contributed by atoms with Gasteiger partial charge in [-0.1, -0.05) is 12.1 Å². The van der Waals surface area contributed by atoms with Gasteiger partial charge in [-0.15, -0.1) is 0 Å². The Labute approximate surface area is 79.6 Å². The summed E-state index contributed by atoms with van der Waals surface area (Å²) in [7, 11) is 0. The van der Waals surface area contributed by atoms with E-state index in [0.717, 1.165) is 0 Å². The maximum atomic E-state index is 10.3. The number of carbonyl (C=O) groups is 1. The molecule has 4 N–H and O–H groups in total. The van der Waals surface area contributed by atoms with E-state index in [4.69, 9.17) is 10.2 Å². The molecule has 1 radical (unpaired) electrons. The molecule has 0 bridgehead atoms. The predicted octanol–water partition coefficient (Wildman–Crippen LogP) is 0.263. The third kappa shape index (κ3) is 2.92. The molecule has 0 fully saturated rings. The van der Waals surface area contributed by atoms with Gasteiger partial charge in [0.25, 0.3) is 0 Å². The second-order valence-electron chi connectivity index (χ2n) is 1.82. The van der Waals surface area contributed by atoms with Crippen molar-refractivity contribution in [3.05, 3.63) is 29.8 Å². The molecule has 0 amide bonds. The molecular weight excluding hydrogens is 212 g/mol. The van der Waals surface area contributed by atoms with Gasteiger partial charge in [-0.3, -0.25) is 0 Å². The molecule has 12 heavy (non-hydrogen) atoms. The molecule has 0 saturated carbocycles. The standard InChI is InChI=1S/C7H6O3.Cu.H2O/c8-6-4-2-1-3-5(6)7(9)10;;/h1-4,8H,(H,9,10);;1H2. The van der Waals surface area contributed by atoms with Crippen LogP contribution in [0.2, 0.25) is 0 Å². The summed E-state index contributed by atoms with van der Waals surface area (Å²) in [6.45, 7) is 0. The molecule has 0 saturated heterocycles. The molecule has 0 aliphatic rings. The van der Waals surface area contributed by atoms with E-state index in [2.05, 4.69) is 0 Å². The van der Waals surface area contributed by atoms with E-state index in [-0.39, 0.29) is 33.9 Å². The van der Waals surface area contributed by atoms with Crippen LogP contribution in [0.4, 0.5) is 0 Å². The number of aromatic hydroxyl groups is 1. The largest absolute Gasteiger partial charge is 0.507 e. The Morgan fingerprint density at radius 1 is 1.25 bits per heavy atom. The van der Waals surface area contributed by atoms with E-state index < -0.39 is 5.97 Å². The van der Waals surface area contributed by atoms with Gasteiger partial charge < -0.3 is 15.7 Å². The van der Waals surface area contributed by atoms with Crippen molar-refractivity contribution in [1.82, 2.24) is 0 Å². The van der Waals surface area contributed by atoms with Crippen molar-refractivity contribution in [2.24, 2.45) is 0 Å². The first kappa shape index (κ1) is 13.6. The summed E-state index contributed by atoms with van der Waals surface area (Å²) in [4.78, 5) is 10.3. The smallest absolute Gasteiger partial charge is 0.339 e. The zero-order valence-electron chi connectivity index (χ0n) is 5.91. The van der Waals surface area contributed by atoms with Crippen molar-refractivity contribution in [2.75, 3.05) is 0 Å². The average Bonchev–Trinajstić information content (AvgIpc) is 1.88. The molecule has 0 spiro atoms. The second-order valence-corrected chi connectivity index (χ2v) is 1.82. The second kappa shape index (κ2) is 5.60. The Morgan fingerprint density at radius 2 is 1.75 bits per heavy atom. The van der Waals surface area contributed by atoms with Gasteiger partial charge in [0.05, 0.1) is 0 Å². The van der Waals surface area contributed by atoms with Crippen LogP contribution >= 0.6 is 0 Å². The Balaban J connectivity index is 0. The van der Waals surface area contributed by atoms with Crippen molar-refractivity contribution in [3.63, 3.8) is 0 Å². The van der Waals surface area contributed by atoms with Crippen molar-refractivity contribution in [1.29, 1.82) is 0 Å². The van der Waals surface area contributed by atoms with Crippen LogP contribution in [0.15, 0.2) is 24.3 Å². The third-order valence-electron chi connectivity index (χ3n) is 1.13. The molecule has 0 atom stereocenters. The van der Waals surface area contributed by atoms with E-state index in [1.807, 2.05) is 0 Å². The minimum atomic E-state index is -1.11. The van der Waals surface area contributed by atoms with Gasteiger partial charge in [0, 0.05) is 17.1 Å². The molecule has 1 rings (SSSR count). The number of benzene rings is 1. The summed E-state index contributed by atoms with van der Waals surface area (Å²) in [5.74, 6) is -1.31. The van der Waals surface area contributed by atoms with Crippen LogP contribution in [0, 0.1) is 0 Å². The SMILES string of the molecule is O.O=C(O)c1ccccc1O.[Cu]. The van der Waals surface area contributed by atoms with Crippen LogP contribution in [0.3, 0.4) is 0 Å². The van der Waals surface area contributed by atoms with E-state index in [9.17, 15) is 4.79 Å². The molecule has 1 aromatic rings. The maximum Gasteiger partial charge on any atom is 0.339 e. The van der Waals surface area contributed by atoms with Gasteiger partial charge in [-0.05, 0) is 12.1 Å². The molecule has 0 aromatic heterocycles. The number of aromatic carboxylic acids is 1. The number of carboxylic acids is 1. The molecule has 1 aromatic carbocycles. The molecule has 0 aliphatic carbocycles. The van der Waals surface area contributed by atoms with Crippen LogP contribution in [0.5, 0.6) is 5.75 Å². The Morgan fingerprint density at radius 3 is 2.08 bits per heavy atom. The van der Waals surface area contributed by atoms with Gasteiger partial charge in [0.2, 0.25) is 0 Å². The van der Waals surface area contributed by atoms with Crippen LogP contribution < -0.4 is 0 Å². The summed E-state index contributed by atoms with van der Waals surface area (Å²) < 4.78 is 0. The minimum absolute atomic E-state index is 0. The fourth-order valence-corrected chi connectivity index (χ4v) is 0.654. The number of para-hydroxylation sites is 1. The Hall–Kier alpha value is -1.03. The average molecular weight is 220 g/mol. The molecule has 71 valence electrons. The molecule has 0 unspecified atom stereocenters. The van der Waals surface area contributed by atoms with E-state index in [1.54, 1.807) is 12.1 Å². The van der Waals surface area contributed by atoms with Crippen LogP contribution in [0.1, 0.15) is 10.4 Å². The van der Waals surface area contributed by atoms with E-state index >= 15 is 0 Å². The molecule has 0 heterocycles. The Kier molecular flexibility index (Phi) is 6.32. The van der Waals surface area contributed by atoms with Gasteiger partial charge in [0.15, 0.2) is 0 Å². The van der Waals surface area contributed by atoms with Gasteiger partial charge in [-0.2, -0.15) is 0 Å². The minimum Gasteiger partial charge on any atom is -0.507 e. The van der Waals surface area contributed by atoms with Crippen molar-refractivity contribution in [2.45, 2.75) is 0 Å². The summed E-state index contributed by atoms with van der Waals surface area (Å²) in [6, 6.07) is 5.81. The molecule has 5 heteroatoms. The summed E-state index contributed by atoms with van der Waals surface area (Å²) in [6.07, 6.45) is 0. The molecule has 0 aliphatic heterocycles. The van der Waals surface area contributed by atoms with Crippen molar-refractivity contribution in [3.8, 4) is 5.75 Å². The quantitative estimate of drug-likeness (QED) is 0.665. The van der Waals surface area contributed by atoms with Crippen LogP contribution in [0.25, 0.3) is 0 Å². The number of hydrogen-bond donors (Lipinski definition) is 2. The fourth-order valence-electron chi connectivity index (χ4n) is 0.654. The topological polar surface area (TPSA) is 89.0 Å². The van der Waals surface area contributed by atoms with Gasteiger partial charge in [-0.25, -0.2) is 4.79 Å². The summed E-state index contributed by atoms with van der Waals surface area (Å²) in [5, 5.41) is 17.3. The summed E-state index contributed by atoms with van der Waals surface area (Å²) in [5.41, 5.74) is -0.0671. The van der Waals surface area contributed by atoms with Crippen molar-refractivity contribution < 1.29 is 37.6 Å². The van der Waals surface area contributed by atoms with Crippen molar-refractivity contribution >= 4 is 5.97 Å². The first-order valence-corrected chi connectivity index (χ1v) is 2.73. The molecular formula is C7H8CuO4. The molecule has 4 nitrogen and oxygen atoms in total. The van der Waals surface area contributed by atoms with Gasteiger partial charge in [0.1, 0.15) is 11.3 Å². The monoisotopic (exact) mass is 219 g/mol. The first-order valence-electron chi connectivity index (χ1n) is 2.73. The van der Waals surface area contributed by atoms with E-state index in [1.165, 1.54) is 12.1 Å². The fraction of sp³-hybridized carbons (Fsp3) is 0.